The number of phenols is 1. The number of hydrogen-bond acceptors (Lipinski definition) is 24. The number of thiophene rings is 1. The molecule has 0 saturated carbocycles. The number of H-pyrrole nitrogens is 2. The number of aliphatic hydroxyl groups is 2. The van der Waals surface area contributed by atoms with Gasteiger partial charge in [0.05, 0.1) is 31.7 Å². The third-order valence-corrected chi connectivity index (χ3v) is 25.9. The molecule has 726 valence electrons. The number of primary amides is 2. The van der Waals surface area contributed by atoms with Gasteiger partial charge >= 0.3 is 0 Å². The molecule has 0 radical (unpaired) electrons. The van der Waals surface area contributed by atoms with Gasteiger partial charge in [-0.05, 0) is 116 Å². The quantitative estimate of drug-likeness (QED) is 0.0148. The molecule has 0 aliphatic carbocycles. The second-order valence-electron chi connectivity index (χ2n) is 33.6. The summed E-state index contributed by atoms with van der Waals surface area (Å²) in [6.45, 7) is 2.23. The van der Waals surface area contributed by atoms with Crippen molar-refractivity contribution in [3.05, 3.63) is 119 Å². The van der Waals surface area contributed by atoms with Crippen LogP contribution in [0.15, 0.2) is 96.9 Å². The van der Waals surface area contributed by atoms with Crippen LogP contribution in [0.25, 0.3) is 21.0 Å². The second-order valence-corrected chi connectivity index (χ2v) is 35.5. The molecule has 9 rings (SSSR count). The minimum Gasteiger partial charge on any atom is -0.508 e. The Morgan fingerprint density at radius 3 is 1.70 bits per heavy atom. The van der Waals surface area contributed by atoms with Crippen LogP contribution in [0.5, 0.6) is 5.75 Å². The summed E-state index contributed by atoms with van der Waals surface area (Å²) in [5.74, 6) is -17.5. The van der Waals surface area contributed by atoms with Gasteiger partial charge < -0.3 is 125 Å². The van der Waals surface area contributed by atoms with Gasteiger partial charge in [-0.2, -0.15) is 0 Å². The molecular formula is C89H123N23O20S2. The number of carbonyl (C=O) groups is 17. The van der Waals surface area contributed by atoms with Crippen LogP contribution in [0.1, 0.15) is 133 Å². The Morgan fingerprint density at radius 2 is 1.08 bits per heavy atom. The molecular weight excluding hydrogens is 1780 g/mol. The van der Waals surface area contributed by atoms with Gasteiger partial charge in [-0.25, -0.2) is 4.98 Å². The number of guanidine groups is 1. The highest BCUT2D eigenvalue weighted by Gasteiger charge is 2.46. The minimum absolute atomic E-state index is 0.000789. The third kappa shape index (κ3) is 28.9. The Morgan fingerprint density at radius 1 is 0.530 bits per heavy atom. The van der Waals surface area contributed by atoms with Gasteiger partial charge in [-0.15, -0.1) is 23.1 Å². The van der Waals surface area contributed by atoms with E-state index in [4.69, 9.17) is 22.6 Å². The van der Waals surface area contributed by atoms with Crippen molar-refractivity contribution >= 4 is 150 Å². The smallest absolute Gasteiger partial charge is 0.246 e. The number of aliphatic hydroxyl groups excluding tert-OH is 2. The van der Waals surface area contributed by atoms with E-state index in [-0.39, 0.29) is 102 Å². The van der Waals surface area contributed by atoms with Crippen molar-refractivity contribution < 1.29 is 96.8 Å². The van der Waals surface area contributed by atoms with Crippen LogP contribution in [0.3, 0.4) is 0 Å². The number of unbranched alkanes of at least 4 members (excludes halogenated alkanes) is 2. The summed E-state index contributed by atoms with van der Waals surface area (Å²) >= 11 is 2.11. The lowest BCUT2D eigenvalue weighted by atomic mass is 10.00. The molecule has 6 heterocycles. The van der Waals surface area contributed by atoms with Crippen molar-refractivity contribution in [1.29, 1.82) is 5.41 Å². The van der Waals surface area contributed by atoms with Crippen molar-refractivity contribution in [2.24, 2.45) is 17.2 Å². The summed E-state index contributed by atoms with van der Waals surface area (Å²) in [4.78, 5) is 265. The maximum absolute atomic E-state index is 15.7. The number of thioether (sulfide) groups is 1. The molecule has 45 heteroatoms. The first-order valence-corrected chi connectivity index (χ1v) is 46.7. The first kappa shape index (κ1) is 104. The number of likely N-dealkylation sites (N-methyl/N-ethyl adjacent to an activating group) is 3. The Bertz CT molecular complexity index is 5170. The zero-order valence-electron chi connectivity index (χ0n) is 75.7. The lowest BCUT2D eigenvalue weighted by Crippen LogP contribution is -2.62. The van der Waals surface area contributed by atoms with Crippen LogP contribution >= 0.6 is 23.1 Å². The monoisotopic (exact) mass is 1900 g/mol. The van der Waals surface area contributed by atoms with E-state index in [1.165, 1.54) is 81.1 Å². The first-order valence-electron chi connectivity index (χ1n) is 44.6. The number of amides is 17. The predicted molar refractivity (Wildman–Crippen MR) is 494 cm³/mol. The lowest BCUT2D eigenvalue weighted by Gasteiger charge is -2.36. The molecule has 3 aliphatic heterocycles. The summed E-state index contributed by atoms with van der Waals surface area (Å²) in [7, 11) is 3.92. The molecule has 0 spiro atoms. The van der Waals surface area contributed by atoms with Gasteiger partial charge in [-0.3, -0.25) is 86.9 Å². The number of benzene rings is 3. The number of imidazole rings is 1. The molecule has 3 aliphatic rings. The molecule has 134 heavy (non-hydrogen) atoms. The van der Waals surface area contributed by atoms with Gasteiger partial charge in [0.15, 0.2) is 5.96 Å². The summed E-state index contributed by atoms with van der Waals surface area (Å²) in [6.07, 6.45) is 3.78. The van der Waals surface area contributed by atoms with E-state index >= 15 is 33.6 Å². The Balaban J connectivity index is 1.09. The highest BCUT2D eigenvalue weighted by molar-refractivity contribution is 8.00. The first-order chi connectivity index (χ1) is 64.0. The number of rotatable bonds is 26. The second kappa shape index (κ2) is 50.5. The summed E-state index contributed by atoms with van der Waals surface area (Å²) in [5, 5.41) is 71.9. The number of fused-ring (bicyclic) bond motifs is 4. The number of aromatic hydroxyl groups is 1. The van der Waals surface area contributed by atoms with Crippen LogP contribution in [-0.2, 0) is 107 Å². The average molecular weight is 1900 g/mol. The Hall–Kier alpha value is -13.3. The van der Waals surface area contributed by atoms with Crippen LogP contribution in [0.2, 0.25) is 0 Å². The fourth-order valence-electron chi connectivity index (χ4n) is 16.4. The number of nitrogens with one attached hydrogen (secondary N) is 14. The molecule has 0 bridgehead atoms. The van der Waals surface area contributed by atoms with E-state index in [1.54, 1.807) is 41.9 Å². The summed E-state index contributed by atoms with van der Waals surface area (Å²) < 4.78 is 0.816. The maximum Gasteiger partial charge on any atom is 0.246 e. The number of nitrogens with two attached hydrogens (primary N) is 3. The molecule has 3 aromatic carbocycles. The molecule has 3 saturated heterocycles. The van der Waals surface area contributed by atoms with E-state index in [1.807, 2.05) is 32.0 Å². The third-order valence-electron chi connectivity index (χ3n) is 23.9. The fourth-order valence-corrected chi connectivity index (χ4v) is 18.2. The molecule has 43 nitrogen and oxygen atoms in total. The summed E-state index contributed by atoms with van der Waals surface area (Å²) in [6, 6.07) is -1.80. The largest absolute Gasteiger partial charge is 0.508 e. The van der Waals surface area contributed by atoms with Crippen molar-refractivity contribution in [3.63, 3.8) is 0 Å². The number of carbonyl (C=O) groups excluding carboxylic acids is 17. The van der Waals surface area contributed by atoms with Crippen LogP contribution in [0, 0.1) is 5.41 Å². The molecule has 3 aromatic heterocycles. The van der Waals surface area contributed by atoms with Crippen molar-refractivity contribution in [2.45, 2.75) is 221 Å². The Kier molecular flexibility index (Phi) is 39.4. The SMILES string of the molecule is CCCC[C@H]1C(=O)N(C)[C@@H](CCCC)C(=O)N[C@@H](CCCNC(=N)N)C(=O)NC(C(=O)NCC(N)=O)CSCC(=O)N[C@@H](Cc2ccc(O)cc2)C(=O)N(C)[C@@H](C)C(=O)N[C@@H](CC(N)=O)C(=O)N2CCC[C@H]2C(=O)N[C@@H](Cc2cnc[nH]2)C(=O)N[C@@H](CCO)C(=O)N2CCC[C@H]2C(=O)N[C@@H](Cc2c[nH]c3ccccc23)C(=O)N[C@@H](CO)C(=O)N[C@@H](Cc2csc3ccccc23)C(=O)N1C. The lowest BCUT2D eigenvalue weighted by molar-refractivity contribution is -0.149. The molecule has 1 unspecified atom stereocenters. The van der Waals surface area contributed by atoms with Crippen LogP contribution < -0.4 is 75.7 Å². The number of para-hydroxylation sites is 1. The van der Waals surface area contributed by atoms with Gasteiger partial charge in [0.25, 0.3) is 0 Å². The zero-order valence-corrected chi connectivity index (χ0v) is 77.4. The van der Waals surface area contributed by atoms with Gasteiger partial charge in [0, 0.05) is 113 Å². The van der Waals surface area contributed by atoms with Crippen molar-refractivity contribution in [3.8, 4) is 5.75 Å². The normalized spacial score (nSPS) is 24.3. The maximum atomic E-state index is 15.7. The van der Waals surface area contributed by atoms with E-state index in [0.29, 0.717) is 64.4 Å². The highest BCUT2D eigenvalue weighted by atomic mass is 32.2. The van der Waals surface area contributed by atoms with Crippen LogP contribution in [0.4, 0.5) is 0 Å². The van der Waals surface area contributed by atoms with Crippen LogP contribution in [-0.4, -0.2) is 318 Å². The van der Waals surface area contributed by atoms with Crippen molar-refractivity contribution in [1.82, 2.24) is 97.9 Å². The number of hydrogen-bond donors (Lipinski definition) is 20. The van der Waals surface area contributed by atoms with E-state index < -0.39 is 235 Å². The number of aromatic nitrogens is 3. The molecule has 6 aromatic rings. The average Bonchev–Trinajstić information content (AvgIpc) is 1.44. The zero-order chi connectivity index (χ0) is 97.6. The number of aromatic amines is 2. The van der Waals surface area contributed by atoms with E-state index in [2.05, 4.69) is 73.4 Å². The van der Waals surface area contributed by atoms with Crippen molar-refractivity contribution in [2.75, 3.05) is 72.0 Å². The van der Waals surface area contributed by atoms with E-state index in [0.717, 1.165) is 36.1 Å². The number of nitrogens with zero attached hydrogens (tertiary/aromatic N) is 6. The standard InChI is InChI=1S/C89H123N23O20S2/c1-7-9-22-67-81(125)100-58(21-15-32-95-89(92)93)77(121)107-66(76(120)97-43-73(91)117)46-133-47-74(118)99-62(36-50-27-29-54(115)30-28-50)84(128)108(4)49(3)75(119)104-64(40-72(90)116)87(131)112-34-17-25-69(112)83(127)103-61(39-53-42-94-48-98-53)79(123)101-59(31-35-113)86(130)111-33-16-24-68(111)82(126)102-60(37-51-41-96-57-20-13-11-18-55(51)57)78(122)106-65(44-114)80(124)105-63(38-52-45-134-71-26-14-12-19-56(52)71)85(129)110(6)70(23-10-8-2)88(132)109(67)5/h11-14,18-20,26-30,41-42,45,48-49,58-70,96,113-115H,7-10,15-17,21-25,31-40,43-44,46-47H2,1-6H3,(H2,90,116)(H2,91,117)(H,94,98)(H,97,120)(H,99,118)(H,100,125)(H,101,123)(H,102,126)(H,103,127)(H,104,119)(H,105,124)(H,106,122)(H,107,121)(H4,92,93,95)/t49-,58-,59-,60-,61-,62-,63-,64-,65-,66?,67-,68-,69-,70-/m0/s1. The summed E-state index contributed by atoms with van der Waals surface area (Å²) in [5.41, 5.74) is 19.2. The predicted octanol–water partition coefficient (Wildman–Crippen LogP) is -2.83. The van der Waals surface area contributed by atoms with Gasteiger partial charge in [0.1, 0.15) is 90.3 Å². The molecule has 17 amide bonds. The molecule has 14 atom stereocenters. The molecule has 23 N–H and O–H groups in total. The van der Waals surface area contributed by atoms with Gasteiger partial charge in [0.2, 0.25) is 100 Å². The highest BCUT2D eigenvalue weighted by Crippen LogP contribution is 2.30. The Labute approximate surface area is 781 Å². The number of phenolic OH excluding ortho intramolecular Hbond substituents is 1. The van der Waals surface area contributed by atoms with Gasteiger partial charge in [-0.1, -0.05) is 88.1 Å². The fraction of sp³-hybridized carbons (Fsp3) is 0.517. The topological polar surface area (TPSA) is 646 Å². The molecule has 3 fully saturated rings. The minimum atomic E-state index is -1.86. The van der Waals surface area contributed by atoms with E-state index in [9.17, 15) is 63.3 Å².